The van der Waals surface area contributed by atoms with Crippen LogP contribution in [0.15, 0.2) is 42.5 Å². The summed E-state index contributed by atoms with van der Waals surface area (Å²) in [5.41, 5.74) is 4.73. The third kappa shape index (κ3) is 3.23. The van der Waals surface area contributed by atoms with E-state index in [4.69, 9.17) is 10.1 Å². The molecule has 31 heavy (non-hydrogen) atoms. The molecule has 2 aromatic carbocycles. The zero-order chi connectivity index (χ0) is 22.0. The van der Waals surface area contributed by atoms with E-state index in [1.165, 1.54) is 17.7 Å². The van der Waals surface area contributed by atoms with E-state index >= 15 is 0 Å². The molecule has 0 amide bonds. The number of nitrogens with zero attached hydrogens (tertiary/aromatic N) is 3. The van der Waals surface area contributed by atoms with Gasteiger partial charge in [0.1, 0.15) is 5.69 Å². The predicted octanol–water partition coefficient (Wildman–Crippen LogP) is 6.26. The molecule has 2 heterocycles. The Morgan fingerprint density at radius 1 is 1.10 bits per heavy atom. The number of aryl methyl sites for hydroxylation is 1. The Balaban J connectivity index is 1.63. The molecule has 0 spiro atoms. The molecule has 0 fully saturated rings. The number of hydrogen-bond acceptors (Lipinski definition) is 2. The summed E-state index contributed by atoms with van der Waals surface area (Å²) in [4.78, 5) is 8.07. The summed E-state index contributed by atoms with van der Waals surface area (Å²) in [5, 5.41) is 4.79. The Labute approximate surface area is 178 Å². The van der Waals surface area contributed by atoms with Gasteiger partial charge in [-0.05, 0) is 48.6 Å². The maximum absolute atomic E-state index is 13.5. The van der Waals surface area contributed by atoms with Gasteiger partial charge in [-0.3, -0.25) is 4.68 Å². The van der Waals surface area contributed by atoms with Crippen molar-refractivity contribution < 1.29 is 13.2 Å². The van der Waals surface area contributed by atoms with Crippen LogP contribution in [0.4, 0.5) is 13.2 Å². The Morgan fingerprint density at radius 3 is 2.65 bits per heavy atom. The third-order valence-electron chi connectivity index (χ3n) is 6.26. The molecule has 1 aliphatic carbocycles. The monoisotopic (exact) mass is 424 g/mol. The molecule has 0 saturated carbocycles. The highest BCUT2D eigenvalue weighted by molar-refractivity contribution is 5.85. The second-order valence-corrected chi connectivity index (χ2v) is 8.90. The van der Waals surface area contributed by atoms with Gasteiger partial charge in [0.15, 0.2) is 5.82 Å². The third-order valence-corrected chi connectivity index (χ3v) is 6.26. The lowest BCUT2D eigenvalue weighted by atomic mass is 9.76. The summed E-state index contributed by atoms with van der Waals surface area (Å²) >= 11 is 0. The largest absolute Gasteiger partial charge is 0.417 e. The van der Waals surface area contributed by atoms with Crippen molar-refractivity contribution >= 4 is 11.0 Å². The standard InChI is InChI=1S/C24H23F3N4/c1-23(2)12-6-8-16-20(31(3)30-21(16)23)22-28-18-11-10-14(13-19(18)29-22)15-7-4-5-9-17(15)24(25,26)27/h4-5,7,9-11,13H,6,8,12H2,1-3H3,(H,28,29). The Hall–Kier alpha value is -3.09. The highest BCUT2D eigenvalue weighted by Gasteiger charge is 2.35. The minimum atomic E-state index is -4.41. The number of fused-ring (bicyclic) bond motifs is 2. The first-order valence-corrected chi connectivity index (χ1v) is 10.4. The van der Waals surface area contributed by atoms with E-state index in [9.17, 15) is 13.2 Å². The Bertz CT molecular complexity index is 1290. The van der Waals surface area contributed by atoms with Crippen LogP contribution in [0.2, 0.25) is 0 Å². The average molecular weight is 424 g/mol. The molecule has 0 atom stereocenters. The lowest BCUT2D eigenvalue weighted by Crippen LogP contribution is -2.23. The normalized spacial score (nSPS) is 15.9. The van der Waals surface area contributed by atoms with E-state index in [1.54, 1.807) is 24.3 Å². The Kier molecular flexibility index (Phi) is 4.29. The fourth-order valence-corrected chi connectivity index (χ4v) is 4.74. The second kappa shape index (κ2) is 6.70. The summed E-state index contributed by atoms with van der Waals surface area (Å²) in [6, 6.07) is 10.8. The zero-order valence-corrected chi connectivity index (χ0v) is 17.6. The summed E-state index contributed by atoms with van der Waals surface area (Å²) < 4.78 is 42.3. The first kappa shape index (κ1) is 19.8. The van der Waals surface area contributed by atoms with Crippen molar-refractivity contribution in [1.29, 1.82) is 0 Å². The van der Waals surface area contributed by atoms with Gasteiger partial charge in [-0.2, -0.15) is 18.3 Å². The minimum absolute atomic E-state index is 0.0179. The van der Waals surface area contributed by atoms with E-state index in [0.29, 0.717) is 22.4 Å². The van der Waals surface area contributed by atoms with Gasteiger partial charge in [-0.15, -0.1) is 0 Å². The minimum Gasteiger partial charge on any atom is -0.337 e. The molecule has 160 valence electrons. The molecule has 2 aromatic heterocycles. The van der Waals surface area contributed by atoms with Crippen molar-refractivity contribution in [3.05, 3.63) is 59.3 Å². The van der Waals surface area contributed by atoms with Crippen molar-refractivity contribution in [2.45, 2.75) is 44.7 Å². The van der Waals surface area contributed by atoms with Crippen molar-refractivity contribution in [3.8, 4) is 22.6 Å². The van der Waals surface area contributed by atoms with Crippen LogP contribution in [0.1, 0.15) is 43.5 Å². The zero-order valence-electron chi connectivity index (χ0n) is 17.6. The smallest absolute Gasteiger partial charge is 0.337 e. The number of aromatic nitrogens is 4. The van der Waals surface area contributed by atoms with Gasteiger partial charge in [-0.25, -0.2) is 4.98 Å². The van der Waals surface area contributed by atoms with Crippen molar-refractivity contribution in [1.82, 2.24) is 19.7 Å². The van der Waals surface area contributed by atoms with E-state index < -0.39 is 11.7 Å². The molecule has 5 rings (SSSR count). The van der Waals surface area contributed by atoms with Gasteiger partial charge in [0.2, 0.25) is 0 Å². The van der Waals surface area contributed by atoms with Crippen molar-refractivity contribution in [2.24, 2.45) is 7.05 Å². The SMILES string of the molecule is Cn1nc2c(c1-c1nc3ccc(-c4ccccc4C(F)(F)F)cc3[nH]1)CCCC2(C)C. The van der Waals surface area contributed by atoms with Crippen LogP contribution >= 0.6 is 0 Å². The van der Waals surface area contributed by atoms with E-state index in [2.05, 4.69) is 18.8 Å². The quantitative estimate of drug-likeness (QED) is 0.413. The van der Waals surface area contributed by atoms with Crippen molar-refractivity contribution in [3.63, 3.8) is 0 Å². The van der Waals surface area contributed by atoms with Crippen LogP contribution in [0.3, 0.4) is 0 Å². The van der Waals surface area contributed by atoms with Gasteiger partial charge in [0, 0.05) is 18.0 Å². The number of H-pyrrole nitrogens is 1. The van der Waals surface area contributed by atoms with Gasteiger partial charge in [0.25, 0.3) is 0 Å². The number of nitrogens with one attached hydrogen (secondary N) is 1. The first-order valence-electron chi connectivity index (χ1n) is 10.4. The molecule has 4 nitrogen and oxygen atoms in total. The molecule has 0 radical (unpaired) electrons. The summed E-state index contributed by atoms with van der Waals surface area (Å²) in [5.74, 6) is 0.699. The maximum Gasteiger partial charge on any atom is 0.417 e. The molecule has 0 aliphatic heterocycles. The first-order chi connectivity index (χ1) is 14.6. The van der Waals surface area contributed by atoms with Crippen LogP contribution in [-0.2, 0) is 25.1 Å². The second-order valence-electron chi connectivity index (χ2n) is 8.90. The van der Waals surface area contributed by atoms with Gasteiger partial charge in [-0.1, -0.05) is 38.1 Å². The van der Waals surface area contributed by atoms with E-state index in [1.807, 2.05) is 11.7 Å². The number of imidazole rings is 1. The van der Waals surface area contributed by atoms with Gasteiger partial charge < -0.3 is 4.98 Å². The molecule has 1 N–H and O–H groups in total. The number of benzene rings is 2. The predicted molar refractivity (Wildman–Crippen MR) is 115 cm³/mol. The fraction of sp³-hybridized carbons (Fsp3) is 0.333. The van der Waals surface area contributed by atoms with Crippen LogP contribution in [0, 0.1) is 0 Å². The summed E-state index contributed by atoms with van der Waals surface area (Å²) in [6.45, 7) is 4.43. The van der Waals surface area contributed by atoms with Crippen LogP contribution in [0.25, 0.3) is 33.7 Å². The number of halogens is 3. The number of alkyl halides is 3. The Morgan fingerprint density at radius 2 is 1.87 bits per heavy atom. The molecule has 0 saturated heterocycles. The number of rotatable bonds is 2. The van der Waals surface area contributed by atoms with Crippen LogP contribution < -0.4 is 0 Å². The molecular formula is C24H23F3N4. The van der Waals surface area contributed by atoms with Gasteiger partial charge >= 0.3 is 6.18 Å². The highest BCUT2D eigenvalue weighted by Crippen LogP contribution is 2.41. The molecule has 0 bridgehead atoms. The molecule has 1 aliphatic rings. The maximum atomic E-state index is 13.5. The highest BCUT2D eigenvalue weighted by atomic mass is 19.4. The summed E-state index contributed by atoms with van der Waals surface area (Å²) in [6.07, 6.45) is -1.27. The molecular weight excluding hydrogens is 401 g/mol. The summed E-state index contributed by atoms with van der Waals surface area (Å²) in [7, 11) is 1.92. The molecule has 4 aromatic rings. The van der Waals surface area contributed by atoms with Crippen molar-refractivity contribution in [2.75, 3.05) is 0 Å². The molecule has 0 unspecified atom stereocenters. The van der Waals surface area contributed by atoms with Crippen LogP contribution in [-0.4, -0.2) is 19.7 Å². The fourth-order valence-electron chi connectivity index (χ4n) is 4.74. The number of hydrogen-bond donors (Lipinski definition) is 1. The number of aromatic amines is 1. The van der Waals surface area contributed by atoms with E-state index in [-0.39, 0.29) is 11.0 Å². The van der Waals surface area contributed by atoms with Gasteiger partial charge in [0.05, 0.1) is 22.3 Å². The average Bonchev–Trinajstić information content (AvgIpc) is 3.27. The molecule has 7 heteroatoms. The van der Waals surface area contributed by atoms with Crippen LogP contribution in [0.5, 0.6) is 0 Å². The van der Waals surface area contributed by atoms with E-state index in [0.717, 1.165) is 36.7 Å². The lowest BCUT2D eigenvalue weighted by Gasteiger charge is -2.28. The topological polar surface area (TPSA) is 46.5 Å². The lowest BCUT2D eigenvalue weighted by molar-refractivity contribution is -0.137.